The molecule has 2 aromatic rings. The molecular weight excluding hydrogens is 334 g/mol. The van der Waals surface area contributed by atoms with Gasteiger partial charge in [-0.1, -0.05) is 37.3 Å². The van der Waals surface area contributed by atoms with Gasteiger partial charge in [0.2, 0.25) is 0 Å². The molecule has 0 fully saturated rings. The highest BCUT2D eigenvalue weighted by molar-refractivity contribution is 5.88. The maximum absolute atomic E-state index is 4.45. The van der Waals surface area contributed by atoms with Gasteiger partial charge in [-0.3, -0.25) is 5.01 Å². The summed E-state index contributed by atoms with van der Waals surface area (Å²) in [4.78, 5) is 7.39. The maximum Gasteiger partial charge on any atom is 0.162 e. The highest BCUT2D eigenvalue weighted by Crippen LogP contribution is 2.10. The summed E-state index contributed by atoms with van der Waals surface area (Å²) in [5.74, 6) is 0. The average Bonchev–Trinajstić information content (AvgIpc) is 3.23. The zero-order chi connectivity index (χ0) is 19.2. The monoisotopic (exact) mass is 364 g/mol. The zero-order valence-corrected chi connectivity index (χ0v) is 16.2. The third kappa shape index (κ3) is 8.31. The van der Waals surface area contributed by atoms with Gasteiger partial charge in [-0.05, 0) is 30.5 Å². The molecule has 5 heteroatoms. The van der Waals surface area contributed by atoms with Gasteiger partial charge in [0.25, 0.3) is 0 Å². The van der Waals surface area contributed by atoms with Gasteiger partial charge in [0.1, 0.15) is 6.54 Å². The fraction of sp³-hybridized carbons (Fsp3) is 0.318. The quantitative estimate of drug-likeness (QED) is 0.272. The average molecular weight is 365 g/mol. The van der Waals surface area contributed by atoms with E-state index in [1.165, 1.54) is 25.7 Å². The van der Waals surface area contributed by atoms with Crippen LogP contribution in [0, 0.1) is 0 Å². The van der Waals surface area contributed by atoms with Crippen LogP contribution in [0.4, 0.5) is 5.69 Å². The van der Waals surface area contributed by atoms with Gasteiger partial charge in [0.05, 0.1) is 18.2 Å². The summed E-state index contributed by atoms with van der Waals surface area (Å²) in [7, 11) is 1.93. The summed E-state index contributed by atoms with van der Waals surface area (Å²) < 4.78 is 2.13. The van der Waals surface area contributed by atoms with E-state index in [0.717, 1.165) is 24.4 Å². The molecule has 0 aliphatic heterocycles. The molecule has 0 amide bonds. The molecule has 2 rings (SSSR count). The lowest BCUT2D eigenvalue weighted by Crippen LogP contribution is -2.68. The van der Waals surface area contributed by atoms with Crippen molar-refractivity contribution in [3.8, 4) is 0 Å². The molecule has 0 saturated carbocycles. The minimum absolute atomic E-state index is 0.964. The van der Waals surface area contributed by atoms with E-state index in [1.54, 1.807) is 6.08 Å². The molecule has 0 bridgehead atoms. The fourth-order valence-corrected chi connectivity index (χ4v) is 2.56. The van der Waals surface area contributed by atoms with Gasteiger partial charge in [-0.2, -0.15) is 5.10 Å². The van der Waals surface area contributed by atoms with Gasteiger partial charge in [-0.25, -0.2) is 9.98 Å². The van der Waals surface area contributed by atoms with Crippen LogP contribution in [0.15, 0.2) is 78.5 Å². The van der Waals surface area contributed by atoms with E-state index in [0.29, 0.717) is 0 Å². The van der Waals surface area contributed by atoms with Gasteiger partial charge in [-0.15, -0.1) is 0 Å². The molecular formula is C22H30N5+. The maximum atomic E-state index is 4.45. The zero-order valence-electron chi connectivity index (χ0n) is 16.2. The number of aryl methyl sites for hydroxylation is 1. The SMILES string of the molecule is C=CC(/C=N/N(C)c1ccccc1)=C\C=[NH+]CCCCCCn1ccnc1. The molecule has 27 heavy (non-hydrogen) atoms. The first-order valence-electron chi connectivity index (χ1n) is 9.47. The van der Waals surface area contributed by atoms with E-state index in [-0.39, 0.29) is 0 Å². The number of hydrogen-bond acceptors (Lipinski definition) is 3. The van der Waals surface area contributed by atoms with E-state index in [2.05, 4.69) is 26.2 Å². The van der Waals surface area contributed by atoms with Crippen LogP contribution in [0.2, 0.25) is 0 Å². The van der Waals surface area contributed by atoms with Crippen LogP contribution < -0.4 is 10.0 Å². The van der Waals surface area contributed by atoms with Crippen molar-refractivity contribution >= 4 is 18.1 Å². The van der Waals surface area contributed by atoms with Crippen molar-refractivity contribution in [1.29, 1.82) is 0 Å². The molecule has 142 valence electrons. The minimum atomic E-state index is 0.964. The third-order valence-electron chi connectivity index (χ3n) is 4.19. The van der Waals surface area contributed by atoms with Gasteiger partial charge >= 0.3 is 0 Å². The number of rotatable bonds is 12. The summed E-state index contributed by atoms with van der Waals surface area (Å²) in [6, 6.07) is 10.0. The van der Waals surface area contributed by atoms with Crippen molar-refractivity contribution in [2.75, 3.05) is 18.6 Å². The first-order chi connectivity index (χ1) is 13.3. The van der Waals surface area contributed by atoms with Crippen molar-refractivity contribution in [3.63, 3.8) is 0 Å². The van der Waals surface area contributed by atoms with E-state index < -0.39 is 0 Å². The van der Waals surface area contributed by atoms with Crippen molar-refractivity contribution in [2.24, 2.45) is 5.10 Å². The summed E-state index contributed by atoms with van der Waals surface area (Å²) >= 11 is 0. The Morgan fingerprint density at radius 2 is 2.04 bits per heavy atom. The number of allylic oxidation sites excluding steroid dienone is 3. The number of para-hydroxylation sites is 1. The second-order valence-electron chi connectivity index (χ2n) is 6.31. The van der Waals surface area contributed by atoms with Gasteiger partial charge < -0.3 is 4.57 Å². The number of aromatic nitrogens is 2. The summed E-state index contributed by atoms with van der Waals surface area (Å²) in [6.07, 6.45) is 18.1. The largest absolute Gasteiger partial charge is 0.337 e. The number of unbranched alkanes of at least 4 members (excludes halogenated alkanes) is 3. The molecule has 1 heterocycles. The number of nitrogens with zero attached hydrogens (tertiary/aromatic N) is 4. The van der Waals surface area contributed by atoms with Crippen molar-refractivity contribution in [2.45, 2.75) is 32.2 Å². The van der Waals surface area contributed by atoms with E-state index in [4.69, 9.17) is 0 Å². The molecule has 0 radical (unpaired) electrons. The number of hydrazone groups is 1. The normalized spacial score (nSPS) is 12.1. The van der Waals surface area contributed by atoms with Gasteiger partial charge in [0.15, 0.2) is 6.21 Å². The number of imidazole rings is 1. The summed E-state index contributed by atoms with van der Waals surface area (Å²) in [5, 5.41) is 6.29. The molecule has 1 N–H and O–H groups in total. The molecule has 0 aliphatic carbocycles. The van der Waals surface area contributed by atoms with E-state index in [1.807, 2.05) is 79.6 Å². The Morgan fingerprint density at radius 3 is 2.78 bits per heavy atom. The third-order valence-corrected chi connectivity index (χ3v) is 4.19. The molecule has 0 unspecified atom stereocenters. The predicted octanol–water partition coefficient (Wildman–Crippen LogP) is 2.83. The van der Waals surface area contributed by atoms with Crippen LogP contribution in [-0.4, -0.2) is 35.6 Å². The summed E-state index contributed by atoms with van der Waals surface area (Å²) in [6.45, 7) is 5.89. The molecule has 1 aromatic carbocycles. The Balaban J connectivity index is 1.63. The van der Waals surface area contributed by atoms with E-state index in [9.17, 15) is 0 Å². The van der Waals surface area contributed by atoms with Gasteiger partial charge in [0, 0.05) is 38.5 Å². The lowest BCUT2D eigenvalue weighted by atomic mass is 10.2. The molecule has 0 aliphatic rings. The molecule has 5 nitrogen and oxygen atoms in total. The van der Waals surface area contributed by atoms with Crippen molar-refractivity contribution in [3.05, 3.63) is 73.4 Å². The number of hydrogen-bond donors (Lipinski definition) is 1. The Morgan fingerprint density at radius 1 is 1.22 bits per heavy atom. The molecule has 0 saturated heterocycles. The molecule has 0 spiro atoms. The Labute approximate surface area is 162 Å². The second kappa shape index (κ2) is 12.4. The first kappa shape index (κ1) is 20.4. The van der Waals surface area contributed by atoms with Crippen LogP contribution in [0.1, 0.15) is 25.7 Å². The Hall–Kier alpha value is -2.95. The number of anilines is 1. The van der Waals surface area contributed by atoms with Crippen LogP contribution in [0.25, 0.3) is 0 Å². The molecule has 0 atom stereocenters. The highest BCUT2D eigenvalue weighted by atomic mass is 15.4. The van der Waals surface area contributed by atoms with Crippen molar-refractivity contribution < 1.29 is 4.99 Å². The lowest BCUT2D eigenvalue weighted by Gasteiger charge is -2.11. The van der Waals surface area contributed by atoms with Crippen LogP contribution >= 0.6 is 0 Å². The summed E-state index contributed by atoms with van der Waals surface area (Å²) in [5.41, 5.74) is 2.01. The predicted molar refractivity (Wildman–Crippen MR) is 114 cm³/mol. The fourth-order valence-electron chi connectivity index (χ4n) is 2.56. The van der Waals surface area contributed by atoms with Crippen LogP contribution in [0.3, 0.4) is 0 Å². The minimum Gasteiger partial charge on any atom is -0.337 e. The van der Waals surface area contributed by atoms with E-state index >= 15 is 0 Å². The second-order valence-corrected chi connectivity index (χ2v) is 6.31. The Kier molecular flexibility index (Phi) is 9.36. The Bertz CT molecular complexity index is 729. The van der Waals surface area contributed by atoms with Crippen LogP contribution in [-0.2, 0) is 6.54 Å². The standard InChI is InChI=1S/C22H29N5/c1-3-21(19-25-26(2)22-11-7-6-8-12-22)13-15-23-14-9-4-5-10-17-27-18-16-24-20-27/h3,6-8,11-13,15-16,18-20H,1,4-5,9-10,14,17H2,2H3/p+1/b21-13+,23-15?,25-19+. The van der Waals surface area contributed by atoms with Crippen molar-refractivity contribution in [1.82, 2.24) is 9.55 Å². The number of nitrogens with one attached hydrogen (secondary N) is 1. The lowest BCUT2D eigenvalue weighted by molar-refractivity contribution is -0.451. The molecule has 1 aromatic heterocycles. The van der Waals surface area contributed by atoms with Crippen LogP contribution in [0.5, 0.6) is 0 Å². The topological polar surface area (TPSA) is 47.4 Å². The first-order valence-corrected chi connectivity index (χ1v) is 9.47. The highest BCUT2D eigenvalue weighted by Gasteiger charge is 1.96. The smallest absolute Gasteiger partial charge is 0.162 e. The number of benzene rings is 1.